The van der Waals surface area contributed by atoms with Crippen LogP contribution >= 0.6 is 0 Å². The molecule has 0 saturated carbocycles. The summed E-state index contributed by atoms with van der Waals surface area (Å²) in [7, 11) is 0. The molecule has 7 unspecified atom stereocenters. The molecule has 9 nitrogen and oxygen atoms in total. The first-order chi connectivity index (χ1) is 25.8. The van der Waals surface area contributed by atoms with Crippen molar-refractivity contribution >= 4 is 5.91 Å². The molecule has 0 aliphatic carbocycles. The van der Waals surface area contributed by atoms with Gasteiger partial charge in [0.2, 0.25) is 5.91 Å². The van der Waals surface area contributed by atoms with Crippen molar-refractivity contribution in [3.05, 3.63) is 36.5 Å². The van der Waals surface area contributed by atoms with Crippen LogP contribution < -0.4 is 5.32 Å². The third kappa shape index (κ3) is 26.0. The predicted octanol–water partition coefficient (Wildman–Crippen LogP) is 8.50. The summed E-state index contributed by atoms with van der Waals surface area (Å²) in [5.41, 5.74) is 0. The van der Waals surface area contributed by atoms with Gasteiger partial charge in [0, 0.05) is 6.42 Å². The van der Waals surface area contributed by atoms with Crippen LogP contribution in [-0.2, 0) is 14.3 Å². The van der Waals surface area contributed by atoms with E-state index in [1.54, 1.807) is 6.08 Å². The summed E-state index contributed by atoms with van der Waals surface area (Å²) in [5, 5.41) is 53.9. The highest BCUT2D eigenvalue weighted by molar-refractivity contribution is 5.76. The number of carbonyl (C=O) groups excluding carboxylic acids is 1. The van der Waals surface area contributed by atoms with E-state index in [1.807, 2.05) is 6.08 Å². The van der Waals surface area contributed by atoms with E-state index in [4.69, 9.17) is 9.47 Å². The maximum atomic E-state index is 12.9. The molecule has 1 aliphatic rings. The summed E-state index contributed by atoms with van der Waals surface area (Å²) in [6.07, 6.45) is 34.9. The van der Waals surface area contributed by atoms with E-state index < -0.39 is 49.5 Å². The van der Waals surface area contributed by atoms with E-state index in [9.17, 15) is 30.3 Å². The minimum Gasteiger partial charge on any atom is -0.394 e. The van der Waals surface area contributed by atoms with Crippen molar-refractivity contribution in [2.45, 2.75) is 224 Å². The largest absolute Gasteiger partial charge is 0.394 e. The first kappa shape index (κ1) is 49.4. The van der Waals surface area contributed by atoms with Crippen LogP contribution in [0.1, 0.15) is 181 Å². The van der Waals surface area contributed by atoms with Crippen molar-refractivity contribution in [3.63, 3.8) is 0 Å². The molecule has 1 saturated heterocycles. The van der Waals surface area contributed by atoms with Crippen molar-refractivity contribution in [3.8, 4) is 0 Å². The summed E-state index contributed by atoms with van der Waals surface area (Å²) in [6, 6.07) is -0.822. The highest BCUT2D eigenvalue weighted by atomic mass is 16.7. The van der Waals surface area contributed by atoms with Crippen LogP contribution in [0.2, 0.25) is 0 Å². The lowest BCUT2D eigenvalue weighted by molar-refractivity contribution is -0.302. The van der Waals surface area contributed by atoms with Gasteiger partial charge in [-0.05, 0) is 38.5 Å². The van der Waals surface area contributed by atoms with Gasteiger partial charge in [0.15, 0.2) is 6.29 Å². The van der Waals surface area contributed by atoms with Crippen molar-refractivity contribution in [1.82, 2.24) is 5.32 Å². The Labute approximate surface area is 323 Å². The van der Waals surface area contributed by atoms with Gasteiger partial charge in [-0.25, -0.2) is 0 Å². The van der Waals surface area contributed by atoms with Gasteiger partial charge >= 0.3 is 0 Å². The summed E-state index contributed by atoms with van der Waals surface area (Å²) in [6.45, 7) is 3.62. The summed E-state index contributed by atoms with van der Waals surface area (Å²) in [5.74, 6) is -0.192. The Balaban J connectivity index is 2.31. The molecule has 1 fully saturated rings. The van der Waals surface area contributed by atoms with Crippen molar-refractivity contribution in [2.24, 2.45) is 0 Å². The van der Waals surface area contributed by atoms with Gasteiger partial charge in [0.25, 0.3) is 0 Å². The predicted molar refractivity (Wildman–Crippen MR) is 216 cm³/mol. The first-order valence-electron chi connectivity index (χ1n) is 21.7. The fraction of sp³-hybridized carbons (Fsp3) is 0.841. The maximum Gasteiger partial charge on any atom is 0.220 e. The van der Waals surface area contributed by atoms with E-state index in [0.29, 0.717) is 6.42 Å². The average Bonchev–Trinajstić information content (AvgIpc) is 3.16. The molecule has 0 aromatic heterocycles. The lowest BCUT2D eigenvalue weighted by atomic mass is 9.99. The van der Waals surface area contributed by atoms with E-state index in [-0.39, 0.29) is 12.5 Å². The molecule has 1 heterocycles. The molecule has 9 heteroatoms. The van der Waals surface area contributed by atoms with E-state index in [2.05, 4.69) is 43.5 Å². The Morgan fingerprint density at radius 2 is 1.09 bits per heavy atom. The number of rotatable bonds is 35. The zero-order chi connectivity index (χ0) is 38.8. The molecule has 0 aromatic carbocycles. The van der Waals surface area contributed by atoms with Crippen molar-refractivity contribution in [2.75, 3.05) is 13.2 Å². The van der Waals surface area contributed by atoms with Crippen LogP contribution in [0, 0.1) is 0 Å². The Hall–Kier alpha value is -1.59. The number of hydrogen-bond acceptors (Lipinski definition) is 8. The van der Waals surface area contributed by atoms with E-state index >= 15 is 0 Å². The molecular weight excluding hydrogens is 670 g/mol. The number of unbranched alkanes of at least 4 members (excludes halogenated alkanes) is 21. The number of hydrogen-bond donors (Lipinski definition) is 6. The average molecular weight is 752 g/mol. The Bertz CT molecular complexity index is 925. The van der Waals surface area contributed by atoms with Crippen LogP contribution in [0.25, 0.3) is 0 Å². The van der Waals surface area contributed by atoms with Gasteiger partial charge in [-0.3, -0.25) is 4.79 Å². The van der Waals surface area contributed by atoms with Crippen LogP contribution in [0.5, 0.6) is 0 Å². The van der Waals surface area contributed by atoms with Gasteiger partial charge in [-0.15, -0.1) is 0 Å². The Morgan fingerprint density at radius 3 is 1.57 bits per heavy atom. The molecule has 1 rings (SSSR count). The fourth-order valence-corrected chi connectivity index (χ4v) is 6.72. The molecule has 1 amide bonds. The van der Waals surface area contributed by atoms with Gasteiger partial charge in [0.05, 0.1) is 25.4 Å². The molecule has 0 aromatic rings. The van der Waals surface area contributed by atoms with Crippen LogP contribution in [0.3, 0.4) is 0 Å². The molecule has 6 N–H and O–H groups in total. The van der Waals surface area contributed by atoms with Crippen LogP contribution in [-0.4, -0.2) is 87.5 Å². The summed E-state index contributed by atoms with van der Waals surface area (Å²) < 4.78 is 11.1. The third-order valence-corrected chi connectivity index (χ3v) is 10.2. The fourth-order valence-electron chi connectivity index (χ4n) is 6.72. The normalized spacial score (nSPS) is 22.0. The number of carbonyl (C=O) groups is 1. The van der Waals surface area contributed by atoms with Crippen LogP contribution in [0.4, 0.5) is 0 Å². The second kappa shape index (κ2) is 34.9. The second-order valence-electron chi connectivity index (χ2n) is 15.1. The minimum absolute atomic E-state index is 0.192. The summed E-state index contributed by atoms with van der Waals surface area (Å²) >= 11 is 0. The number of ether oxygens (including phenoxy) is 2. The molecule has 0 radical (unpaired) electrons. The SMILES string of the molecule is CC/C=C/CC/C=C/CC/C=C/C(O)C(COC1OC(CO)C(O)C(O)C1O)NC(=O)CCCCCCCCCCCCCCCCCCCCCC. The Morgan fingerprint density at radius 1 is 0.642 bits per heavy atom. The van der Waals surface area contributed by atoms with Gasteiger partial charge < -0.3 is 40.3 Å². The highest BCUT2D eigenvalue weighted by Crippen LogP contribution is 2.22. The molecule has 0 bridgehead atoms. The quantitative estimate of drug-likeness (QED) is 0.0279. The van der Waals surface area contributed by atoms with E-state index in [1.165, 1.54) is 109 Å². The smallest absolute Gasteiger partial charge is 0.220 e. The molecule has 0 spiro atoms. The second-order valence-corrected chi connectivity index (χ2v) is 15.1. The number of amides is 1. The number of allylic oxidation sites excluding steroid dienone is 5. The standard InChI is InChI=1S/C44H81NO8/c1-3-5-7-9-11-13-15-16-17-18-19-20-21-22-23-24-26-28-30-32-34-40(48)45-37(36-52-44-43(51)42(50)41(49)39(35-46)53-44)38(47)33-31-29-27-25-14-12-10-8-6-4-2/h6,8,14,25,31,33,37-39,41-44,46-47,49-51H,3-5,7,9-13,15-24,26-30,32,34-36H2,1-2H3,(H,45,48)/b8-6+,25-14+,33-31+. The summed E-state index contributed by atoms with van der Waals surface area (Å²) in [4.78, 5) is 12.9. The monoisotopic (exact) mass is 752 g/mol. The Kier molecular flexibility index (Phi) is 32.5. The third-order valence-electron chi connectivity index (χ3n) is 10.2. The van der Waals surface area contributed by atoms with Crippen LogP contribution in [0.15, 0.2) is 36.5 Å². The maximum absolute atomic E-state index is 12.9. The first-order valence-corrected chi connectivity index (χ1v) is 21.7. The molecular formula is C44H81NO8. The number of aliphatic hydroxyl groups is 5. The van der Waals surface area contributed by atoms with E-state index in [0.717, 1.165) is 51.4 Å². The minimum atomic E-state index is -1.57. The van der Waals surface area contributed by atoms with Gasteiger partial charge in [-0.1, -0.05) is 172 Å². The van der Waals surface area contributed by atoms with Gasteiger partial charge in [0.1, 0.15) is 24.4 Å². The van der Waals surface area contributed by atoms with Gasteiger partial charge in [-0.2, -0.15) is 0 Å². The number of nitrogens with one attached hydrogen (secondary N) is 1. The zero-order valence-corrected chi connectivity index (χ0v) is 33.8. The number of aliphatic hydroxyl groups excluding tert-OH is 5. The highest BCUT2D eigenvalue weighted by Gasteiger charge is 2.44. The molecule has 1 aliphatic heterocycles. The van der Waals surface area contributed by atoms with Crippen molar-refractivity contribution < 1.29 is 39.8 Å². The topological polar surface area (TPSA) is 149 Å². The van der Waals surface area contributed by atoms with Crippen molar-refractivity contribution in [1.29, 1.82) is 0 Å². The lowest BCUT2D eigenvalue weighted by Gasteiger charge is -2.40. The lowest BCUT2D eigenvalue weighted by Crippen LogP contribution is -2.60. The molecule has 7 atom stereocenters. The molecule has 310 valence electrons. The zero-order valence-electron chi connectivity index (χ0n) is 33.8. The molecule has 53 heavy (non-hydrogen) atoms.